The lowest BCUT2D eigenvalue weighted by molar-refractivity contribution is -0.138. The number of carbonyl (C=O) groups is 3. The first-order valence-electron chi connectivity index (χ1n) is 12.9. The van der Waals surface area contributed by atoms with Gasteiger partial charge in [0.05, 0.1) is 18.7 Å². The number of ether oxygens (including phenoxy) is 1. The highest BCUT2D eigenvalue weighted by molar-refractivity contribution is 6.49. The number of carbonyl (C=O) groups excluding carboxylic acids is 3. The largest absolute Gasteiger partial charge is 0.507 e. The number of halogens is 1. The maximum absolute atomic E-state index is 15.4. The molecule has 0 aromatic heterocycles. The molecular formula is C25H30B3FN4O5. The normalized spacial score (nSPS) is 21.9. The van der Waals surface area contributed by atoms with Crippen molar-refractivity contribution in [3.63, 3.8) is 0 Å². The summed E-state index contributed by atoms with van der Waals surface area (Å²) in [5, 5.41) is 16.7. The number of aromatic hydroxyl groups is 1. The van der Waals surface area contributed by atoms with Gasteiger partial charge in [0.1, 0.15) is 35.1 Å². The second kappa shape index (κ2) is 10.1. The lowest BCUT2D eigenvalue weighted by Crippen LogP contribution is -2.63. The fourth-order valence-corrected chi connectivity index (χ4v) is 5.55. The van der Waals surface area contributed by atoms with Crippen molar-refractivity contribution in [1.82, 2.24) is 15.1 Å². The minimum Gasteiger partial charge on any atom is -0.507 e. The highest BCUT2D eigenvalue weighted by Gasteiger charge is 2.48. The molecule has 13 heteroatoms. The summed E-state index contributed by atoms with van der Waals surface area (Å²) in [6.45, 7) is 3.44. The first kappa shape index (κ1) is 26.3. The number of nitrogens with zero attached hydrogens (tertiary/aromatic N) is 2. The standard InChI is InChI=1S/C25H30B3FN4O5/c26-19-16(11-32-6-8-38-9-7-32)22(35)14(21(29)20(19)27)10-30-17-3-1-2-13-15(17)12-33(23(13)36)25(28)5-4-18(34)31-24(25)37/h1-3,30,35H,4-12,26-28H2,(H,31,34,37). The predicted molar refractivity (Wildman–Crippen MR) is 148 cm³/mol. The molecule has 3 N–H and O–H groups in total. The Bertz CT molecular complexity index is 1340. The zero-order valence-corrected chi connectivity index (χ0v) is 21.9. The van der Waals surface area contributed by atoms with Crippen LogP contribution in [0.15, 0.2) is 18.2 Å². The number of hydrogen-bond donors (Lipinski definition) is 3. The van der Waals surface area contributed by atoms with Crippen molar-refractivity contribution in [2.24, 2.45) is 0 Å². The zero-order chi connectivity index (χ0) is 27.2. The second-order valence-corrected chi connectivity index (χ2v) is 10.5. The maximum atomic E-state index is 15.4. The summed E-state index contributed by atoms with van der Waals surface area (Å²) in [5.74, 6) is -1.64. The Labute approximate surface area is 223 Å². The van der Waals surface area contributed by atoms with Crippen LogP contribution in [0.5, 0.6) is 5.75 Å². The Balaban J connectivity index is 1.40. The van der Waals surface area contributed by atoms with E-state index in [0.717, 1.165) is 18.6 Å². The van der Waals surface area contributed by atoms with Gasteiger partial charge in [0.15, 0.2) is 0 Å². The van der Waals surface area contributed by atoms with Gasteiger partial charge in [-0.3, -0.25) is 24.6 Å². The first-order valence-corrected chi connectivity index (χ1v) is 12.9. The van der Waals surface area contributed by atoms with Gasteiger partial charge >= 0.3 is 0 Å². The fraction of sp³-hybridized carbons (Fsp3) is 0.400. The molecule has 0 spiro atoms. The van der Waals surface area contributed by atoms with Crippen LogP contribution < -0.4 is 21.6 Å². The topological polar surface area (TPSA) is 111 Å². The summed E-state index contributed by atoms with van der Waals surface area (Å²) in [4.78, 5) is 41.4. The van der Waals surface area contributed by atoms with Crippen molar-refractivity contribution in [3.8, 4) is 5.75 Å². The Hall–Kier alpha value is -3.31. The van der Waals surface area contributed by atoms with Crippen LogP contribution in [0.4, 0.5) is 10.1 Å². The summed E-state index contributed by atoms with van der Waals surface area (Å²) >= 11 is 0. The van der Waals surface area contributed by atoms with Gasteiger partial charge < -0.3 is 20.1 Å². The van der Waals surface area contributed by atoms with E-state index < -0.39 is 17.2 Å². The van der Waals surface area contributed by atoms with Gasteiger partial charge in [-0.1, -0.05) is 17.0 Å². The number of piperidine rings is 1. The lowest BCUT2D eigenvalue weighted by atomic mass is 9.70. The van der Waals surface area contributed by atoms with E-state index in [1.807, 2.05) is 7.85 Å². The van der Waals surface area contributed by atoms with E-state index in [0.29, 0.717) is 47.6 Å². The fourth-order valence-electron chi connectivity index (χ4n) is 5.55. The van der Waals surface area contributed by atoms with Crippen molar-refractivity contribution in [2.75, 3.05) is 31.6 Å². The van der Waals surface area contributed by atoms with Crippen molar-refractivity contribution >= 4 is 57.9 Å². The smallest absolute Gasteiger partial charge is 0.254 e. The number of fused-ring (bicyclic) bond motifs is 1. The van der Waals surface area contributed by atoms with Gasteiger partial charge in [-0.15, -0.1) is 0 Å². The first-order chi connectivity index (χ1) is 18.1. The van der Waals surface area contributed by atoms with Gasteiger partial charge in [-0.2, -0.15) is 0 Å². The van der Waals surface area contributed by atoms with Crippen molar-refractivity contribution < 1.29 is 28.6 Å². The number of benzene rings is 2. The van der Waals surface area contributed by atoms with E-state index in [4.69, 9.17) is 4.74 Å². The number of phenols is 1. The molecule has 196 valence electrons. The molecule has 2 saturated heterocycles. The average Bonchev–Trinajstić information content (AvgIpc) is 3.26. The summed E-state index contributed by atoms with van der Waals surface area (Å²) < 4.78 is 20.8. The number of amides is 3. The number of hydrogen-bond acceptors (Lipinski definition) is 7. The van der Waals surface area contributed by atoms with Crippen LogP contribution in [0.2, 0.25) is 0 Å². The molecule has 9 nitrogen and oxygen atoms in total. The van der Waals surface area contributed by atoms with Gasteiger partial charge in [0, 0.05) is 67.1 Å². The Morgan fingerprint density at radius 1 is 1.13 bits per heavy atom. The Kier molecular flexibility index (Phi) is 7.00. The molecule has 5 rings (SSSR count). The van der Waals surface area contributed by atoms with E-state index in [1.165, 1.54) is 4.90 Å². The number of morpholine rings is 1. The molecule has 3 heterocycles. The molecule has 1 atom stereocenters. The quantitative estimate of drug-likeness (QED) is 0.281. The van der Waals surface area contributed by atoms with Gasteiger partial charge in [0.2, 0.25) is 11.8 Å². The molecule has 3 amide bonds. The summed E-state index contributed by atoms with van der Waals surface area (Å²) in [6.07, 6.45) is 0.402. The number of phenolic OH excluding ortho intramolecular Hbond substituents is 1. The molecule has 0 aliphatic carbocycles. The molecule has 0 radical (unpaired) electrons. The third-order valence-corrected chi connectivity index (χ3v) is 8.27. The van der Waals surface area contributed by atoms with Gasteiger partial charge in [-0.05, 0) is 18.6 Å². The molecule has 2 fully saturated rings. The number of anilines is 1. The van der Waals surface area contributed by atoms with Gasteiger partial charge in [0.25, 0.3) is 5.91 Å². The molecule has 3 aliphatic rings. The summed E-state index contributed by atoms with van der Waals surface area (Å²) in [7, 11) is 5.21. The summed E-state index contributed by atoms with van der Waals surface area (Å²) in [5.41, 5.74) is 2.73. The van der Waals surface area contributed by atoms with E-state index in [-0.39, 0.29) is 49.1 Å². The number of imide groups is 1. The molecule has 2 aromatic carbocycles. The number of rotatable bonds is 6. The Morgan fingerprint density at radius 3 is 2.58 bits per heavy atom. The maximum Gasteiger partial charge on any atom is 0.254 e. The van der Waals surface area contributed by atoms with Crippen molar-refractivity contribution in [2.45, 2.75) is 37.9 Å². The highest BCUT2D eigenvalue weighted by Crippen LogP contribution is 2.36. The molecule has 38 heavy (non-hydrogen) atoms. The molecular weight excluding hydrogens is 488 g/mol. The van der Waals surface area contributed by atoms with Crippen molar-refractivity contribution in [1.29, 1.82) is 0 Å². The van der Waals surface area contributed by atoms with Crippen LogP contribution in [-0.2, 0) is 34.0 Å². The third-order valence-electron chi connectivity index (χ3n) is 8.27. The summed E-state index contributed by atoms with van der Waals surface area (Å²) in [6, 6.07) is 5.23. The van der Waals surface area contributed by atoms with Crippen molar-refractivity contribution in [3.05, 3.63) is 46.3 Å². The Morgan fingerprint density at radius 2 is 1.87 bits per heavy atom. The number of nitrogens with one attached hydrogen (secondary N) is 2. The van der Waals surface area contributed by atoms with Crippen LogP contribution in [-0.4, -0.2) is 87.9 Å². The highest BCUT2D eigenvalue weighted by atomic mass is 19.1. The minimum atomic E-state index is -1.14. The monoisotopic (exact) mass is 518 g/mol. The molecule has 3 aliphatic heterocycles. The molecule has 1 unspecified atom stereocenters. The van der Waals surface area contributed by atoms with Gasteiger partial charge in [-0.25, -0.2) is 4.39 Å². The van der Waals surface area contributed by atoms with Crippen LogP contribution in [0.1, 0.15) is 39.9 Å². The zero-order valence-electron chi connectivity index (χ0n) is 21.9. The van der Waals surface area contributed by atoms with Crippen LogP contribution in [0.25, 0.3) is 0 Å². The van der Waals surface area contributed by atoms with E-state index in [9.17, 15) is 19.5 Å². The van der Waals surface area contributed by atoms with Crippen LogP contribution >= 0.6 is 0 Å². The molecule has 0 bridgehead atoms. The molecule has 2 aromatic rings. The predicted octanol–water partition coefficient (Wildman–Crippen LogP) is -2.79. The van der Waals surface area contributed by atoms with E-state index >= 15 is 4.39 Å². The second-order valence-electron chi connectivity index (χ2n) is 10.5. The average molecular weight is 518 g/mol. The van der Waals surface area contributed by atoms with E-state index in [1.54, 1.807) is 33.9 Å². The third kappa shape index (κ3) is 4.47. The molecule has 0 saturated carbocycles. The van der Waals surface area contributed by atoms with Crippen LogP contribution in [0, 0.1) is 5.82 Å². The van der Waals surface area contributed by atoms with Crippen LogP contribution in [0.3, 0.4) is 0 Å². The minimum absolute atomic E-state index is 0.0196. The van der Waals surface area contributed by atoms with E-state index in [2.05, 4.69) is 15.5 Å². The SMILES string of the molecule is Bc1c(B)c(CN2CCOCC2)c(O)c(CNc2cccc3c2CN(C2(B)CCC(=O)NC2=O)C3=O)c1F. The lowest BCUT2D eigenvalue weighted by Gasteiger charge is -2.40.